The van der Waals surface area contributed by atoms with Crippen molar-refractivity contribution in [3.05, 3.63) is 57.8 Å². The van der Waals surface area contributed by atoms with Gasteiger partial charge in [0, 0.05) is 25.9 Å². The van der Waals surface area contributed by atoms with Gasteiger partial charge in [0.15, 0.2) is 5.17 Å². The molecule has 1 saturated heterocycles. The number of ether oxygens (including phenoxy) is 3. The fraction of sp³-hybridized carbons (Fsp3) is 0.500. The summed E-state index contributed by atoms with van der Waals surface area (Å²) in [6.07, 6.45) is 1.61. The van der Waals surface area contributed by atoms with Crippen molar-refractivity contribution in [1.82, 2.24) is 9.80 Å². The predicted octanol–water partition coefficient (Wildman–Crippen LogP) is 3.95. The lowest BCUT2D eigenvalue weighted by molar-refractivity contribution is -0.151. The van der Waals surface area contributed by atoms with Crippen molar-refractivity contribution >= 4 is 34.8 Å². The minimum Gasteiger partial charge on any atom is -0.466 e. The maximum Gasteiger partial charge on any atom is 0.338 e. The fourth-order valence-electron chi connectivity index (χ4n) is 4.91. The normalized spacial score (nSPS) is 21.1. The number of methoxy groups -OCH3 is 1. The Bertz CT molecular complexity index is 1160. The van der Waals surface area contributed by atoms with Crippen LogP contribution in [0.5, 0.6) is 0 Å². The highest BCUT2D eigenvalue weighted by Crippen LogP contribution is 2.45. The average Bonchev–Trinajstić information content (AvgIpc) is 3.30. The van der Waals surface area contributed by atoms with Crippen molar-refractivity contribution in [2.45, 2.75) is 46.1 Å². The minimum atomic E-state index is -0.485. The van der Waals surface area contributed by atoms with Crippen LogP contribution in [0, 0.1) is 12.8 Å². The van der Waals surface area contributed by atoms with E-state index in [-0.39, 0.29) is 30.8 Å². The number of allylic oxidation sites excluding steroid dienone is 1. The van der Waals surface area contributed by atoms with Gasteiger partial charge in [-0.2, -0.15) is 0 Å². The van der Waals surface area contributed by atoms with E-state index in [9.17, 15) is 14.4 Å². The number of amidine groups is 1. The molecule has 0 saturated carbocycles. The second-order valence-electron chi connectivity index (χ2n) is 9.54. The summed E-state index contributed by atoms with van der Waals surface area (Å²) >= 11 is 1.44. The molecule has 0 spiro atoms. The van der Waals surface area contributed by atoms with Crippen LogP contribution in [0.25, 0.3) is 0 Å². The molecule has 0 aromatic heterocycles. The Labute approximate surface area is 227 Å². The van der Waals surface area contributed by atoms with E-state index in [1.54, 1.807) is 18.9 Å². The first-order valence-electron chi connectivity index (χ1n) is 13.0. The lowest BCUT2D eigenvalue weighted by Gasteiger charge is -2.37. The summed E-state index contributed by atoms with van der Waals surface area (Å²) in [5.74, 6) is -1.07. The average molecular weight is 542 g/mol. The van der Waals surface area contributed by atoms with Crippen LogP contribution in [0.1, 0.15) is 50.3 Å². The molecule has 3 aliphatic rings. The number of aliphatic imine (C=N–C) groups is 1. The molecule has 10 heteroatoms. The number of carbonyl (C=O) groups excluding carboxylic acids is 3. The highest BCUT2D eigenvalue weighted by Gasteiger charge is 2.41. The smallest absolute Gasteiger partial charge is 0.338 e. The van der Waals surface area contributed by atoms with Crippen LogP contribution in [0.3, 0.4) is 0 Å². The van der Waals surface area contributed by atoms with Crippen LogP contribution in [0.2, 0.25) is 0 Å². The molecular weight excluding hydrogens is 506 g/mol. The van der Waals surface area contributed by atoms with Gasteiger partial charge in [-0.05, 0) is 44.6 Å². The molecule has 38 heavy (non-hydrogen) atoms. The third-order valence-electron chi connectivity index (χ3n) is 6.86. The monoisotopic (exact) mass is 541 g/mol. The van der Waals surface area contributed by atoms with Gasteiger partial charge >= 0.3 is 11.9 Å². The van der Waals surface area contributed by atoms with Crippen molar-refractivity contribution in [3.8, 4) is 0 Å². The first kappa shape index (κ1) is 27.9. The summed E-state index contributed by atoms with van der Waals surface area (Å²) in [5.41, 5.74) is 3.80. The molecule has 3 aliphatic heterocycles. The largest absolute Gasteiger partial charge is 0.466 e. The van der Waals surface area contributed by atoms with E-state index in [1.165, 1.54) is 11.8 Å². The third kappa shape index (κ3) is 6.13. The molecule has 1 amide bonds. The van der Waals surface area contributed by atoms with Gasteiger partial charge in [0.05, 0.1) is 42.9 Å². The van der Waals surface area contributed by atoms with E-state index < -0.39 is 12.0 Å². The molecule has 0 unspecified atom stereocenters. The van der Waals surface area contributed by atoms with Crippen molar-refractivity contribution < 1.29 is 28.6 Å². The zero-order chi connectivity index (χ0) is 27.2. The van der Waals surface area contributed by atoms with Crippen LogP contribution in [0.15, 0.2) is 51.6 Å². The minimum absolute atomic E-state index is 0.0646. The van der Waals surface area contributed by atoms with Gasteiger partial charge in [-0.15, -0.1) is 0 Å². The number of fused-ring (bicyclic) bond motifs is 1. The van der Waals surface area contributed by atoms with E-state index in [4.69, 9.17) is 19.2 Å². The summed E-state index contributed by atoms with van der Waals surface area (Å²) in [4.78, 5) is 47.4. The number of nitrogens with zero attached hydrogens (tertiary/aromatic N) is 3. The molecule has 9 nitrogen and oxygen atoms in total. The Morgan fingerprint density at radius 1 is 1.11 bits per heavy atom. The Morgan fingerprint density at radius 2 is 1.87 bits per heavy atom. The highest BCUT2D eigenvalue weighted by atomic mass is 32.2. The molecule has 1 fully saturated rings. The topological polar surface area (TPSA) is 97.7 Å². The van der Waals surface area contributed by atoms with Gasteiger partial charge in [-0.3, -0.25) is 9.59 Å². The van der Waals surface area contributed by atoms with Crippen molar-refractivity contribution in [1.29, 1.82) is 0 Å². The van der Waals surface area contributed by atoms with Gasteiger partial charge in [-0.1, -0.05) is 41.6 Å². The number of esters is 2. The van der Waals surface area contributed by atoms with Gasteiger partial charge in [0.2, 0.25) is 5.91 Å². The molecule has 1 aromatic carbocycles. The number of benzene rings is 1. The van der Waals surface area contributed by atoms with E-state index in [0.717, 1.165) is 29.7 Å². The maximum atomic E-state index is 13.4. The SMILES string of the molecule is CCOC(=O)[C@@H]1CCCN(C(=O)CC2=CSC3=NC(C)=C(C(=O)OCCOC)[C@H](c4ccc(C)cc4)N23)C1. The van der Waals surface area contributed by atoms with Gasteiger partial charge in [0.25, 0.3) is 0 Å². The number of hydrogen-bond donors (Lipinski definition) is 0. The Hall–Kier alpha value is -3.11. The number of hydrogen-bond acceptors (Lipinski definition) is 9. The molecule has 1 aromatic rings. The standard InChI is InChI=1S/C28H35N3O6S/c1-5-36-26(33)21-7-6-12-30(16-21)23(32)15-22-17-38-28-29-19(3)24(27(34)37-14-13-35-4)25(31(22)28)20-10-8-18(2)9-11-20/h8-11,17,21,25H,5-7,12-16H2,1-4H3/t21-,25+/m1/s1. The van der Waals surface area contributed by atoms with Crippen LogP contribution in [-0.4, -0.2) is 72.8 Å². The number of aryl methyl sites for hydroxylation is 1. The maximum absolute atomic E-state index is 13.4. The first-order chi connectivity index (χ1) is 18.3. The van der Waals surface area contributed by atoms with Crippen LogP contribution in [0.4, 0.5) is 0 Å². The molecule has 0 radical (unpaired) electrons. The number of amides is 1. The first-order valence-corrected chi connectivity index (χ1v) is 13.8. The zero-order valence-electron chi connectivity index (χ0n) is 22.4. The molecule has 3 heterocycles. The van der Waals surface area contributed by atoms with Gasteiger partial charge in [0.1, 0.15) is 6.61 Å². The summed E-state index contributed by atoms with van der Waals surface area (Å²) in [7, 11) is 1.55. The Morgan fingerprint density at radius 3 is 2.58 bits per heavy atom. The summed E-state index contributed by atoms with van der Waals surface area (Å²) in [6.45, 7) is 7.33. The summed E-state index contributed by atoms with van der Waals surface area (Å²) < 4.78 is 15.8. The van der Waals surface area contributed by atoms with Crippen molar-refractivity contribution in [2.75, 3.05) is 40.0 Å². The fourth-order valence-corrected chi connectivity index (χ4v) is 5.88. The van der Waals surface area contributed by atoms with Crippen LogP contribution in [-0.2, 0) is 28.6 Å². The lowest BCUT2D eigenvalue weighted by atomic mass is 9.93. The summed E-state index contributed by atoms with van der Waals surface area (Å²) in [6, 6.07) is 7.52. The van der Waals surface area contributed by atoms with Crippen molar-refractivity contribution in [3.63, 3.8) is 0 Å². The van der Waals surface area contributed by atoms with Gasteiger partial charge in [-0.25, -0.2) is 9.79 Å². The number of rotatable bonds is 9. The molecule has 2 atom stereocenters. The number of carbonyl (C=O) groups is 3. The predicted molar refractivity (Wildman–Crippen MR) is 145 cm³/mol. The highest BCUT2D eigenvalue weighted by molar-refractivity contribution is 8.16. The van der Waals surface area contributed by atoms with Crippen molar-refractivity contribution in [2.24, 2.45) is 10.9 Å². The van der Waals surface area contributed by atoms with Gasteiger partial charge < -0.3 is 24.0 Å². The molecular formula is C28H35N3O6S. The van der Waals surface area contributed by atoms with Crippen LogP contribution < -0.4 is 0 Å². The molecule has 4 rings (SSSR count). The lowest BCUT2D eigenvalue weighted by Crippen LogP contribution is -2.44. The summed E-state index contributed by atoms with van der Waals surface area (Å²) in [5, 5.41) is 2.64. The van der Waals surface area contributed by atoms with E-state index in [1.807, 2.05) is 48.4 Å². The zero-order valence-corrected chi connectivity index (χ0v) is 23.2. The molecule has 0 N–H and O–H groups in total. The second kappa shape index (κ2) is 12.6. The van der Waals surface area contributed by atoms with E-state index >= 15 is 0 Å². The van der Waals surface area contributed by atoms with Crippen LogP contribution >= 0.6 is 11.8 Å². The van der Waals surface area contributed by atoms with E-state index in [2.05, 4.69) is 0 Å². The number of thioether (sulfide) groups is 1. The Balaban J connectivity index is 1.58. The second-order valence-corrected chi connectivity index (χ2v) is 10.4. The quantitative estimate of drug-likeness (QED) is 0.342. The molecule has 204 valence electrons. The molecule has 0 aliphatic carbocycles. The number of likely N-dealkylation sites (tertiary alicyclic amines) is 1. The number of piperidine rings is 1. The molecule has 0 bridgehead atoms. The Kier molecular flexibility index (Phi) is 9.27. The van der Waals surface area contributed by atoms with E-state index in [0.29, 0.717) is 42.7 Å². The third-order valence-corrected chi connectivity index (χ3v) is 7.75.